The van der Waals surface area contributed by atoms with Gasteiger partial charge >= 0.3 is 0 Å². The number of nitro groups is 1. The van der Waals surface area contributed by atoms with Gasteiger partial charge in [0.15, 0.2) is 0 Å². The number of amides is 1. The first-order valence-corrected chi connectivity index (χ1v) is 6.34. The summed E-state index contributed by atoms with van der Waals surface area (Å²) in [7, 11) is 0. The molecule has 19 heavy (non-hydrogen) atoms. The number of hydrogen-bond donors (Lipinski definition) is 2. The van der Waals surface area contributed by atoms with Crippen molar-refractivity contribution >= 4 is 17.3 Å². The third kappa shape index (κ3) is 3.29. The van der Waals surface area contributed by atoms with Gasteiger partial charge in [-0.25, -0.2) is 0 Å². The highest BCUT2D eigenvalue weighted by molar-refractivity contribution is 5.94. The standard InChI is InChI=1S/C13H17N3O3/c1-9-4-5-11(12(7-9)16(18)19)15-13(17)10-3-2-6-14-8-10/h4-5,7,10,14H,2-3,6,8H2,1H3,(H,15,17). The van der Waals surface area contributed by atoms with Gasteiger partial charge in [0, 0.05) is 12.6 Å². The van der Waals surface area contributed by atoms with Crippen molar-refractivity contribution in [2.75, 3.05) is 18.4 Å². The first kappa shape index (κ1) is 13.5. The fourth-order valence-electron chi connectivity index (χ4n) is 2.21. The van der Waals surface area contributed by atoms with E-state index in [1.165, 1.54) is 6.07 Å². The van der Waals surface area contributed by atoms with Crippen LogP contribution in [0.15, 0.2) is 18.2 Å². The number of benzene rings is 1. The molecule has 1 heterocycles. The monoisotopic (exact) mass is 263 g/mol. The molecule has 1 aromatic carbocycles. The van der Waals surface area contributed by atoms with Crippen molar-refractivity contribution < 1.29 is 9.72 Å². The SMILES string of the molecule is Cc1ccc(NC(=O)C2CCCNC2)c([N+](=O)[O-])c1. The van der Waals surface area contributed by atoms with E-state index in [1.807, 2.05) is 0 Å². The third-order valence-corrected chi connectivity index (χ3v) is 3.28. The van der Waals surface area contributed by atoms with E-state index in [0.717, 1.165) is 24.9 Å². The van der Waals surface area contributed by atoms with Crippen molar-refractivity contribution in [3.63, 3.8) is 0 Å². The number of anilines is 1. The molecule has 1 atom stereocenters. The predicted molar refractivity (Wildman–Crippen MR) is 72.1 cm³/mol. The molecule has 0 saturated carbocycles. The summed E-state index contributed by atoms with van der Waals surface area (Å²) < 4.78 is 0. The molecule has 102 valence electrons. The Labute approximate surface area is 111 Å². The smallest absolute Gasteiger partial charge is 0.293 e. The third-order valence-electron chi connectivity index (χ3n) is 3.28. The Morgan fingerprint density at radius 3 is 2.95 bits per heavy atom. The Bertz CT molecular complexity index is 496. The molecule has 1 aliphatic heterocycles. The number of carbonyl (C=O) groups excluding carboxylic acids is 1. The van der Waals surface area contributed by atoms with Crippen molar-refractivity contribution in [3.8, 4) is 0 Å². The minimum absolute atomic E-state index is 0.0582. The lowest BCUT2D eigenvalue weighted by Gasteiger charge is -2.21. The first-order valence-electron chi connectivity index (χ1n) is 6.34. The second-order valence-corrected chi connectivity index (χ2v) is 4.81. The summed E-state index contributed by atoms with van der Waals surface area (Å²) in [4.78, 5) is 22.6. The molecule has 0 aliphatic carbocycles. The Kier molecular flexibility index (Phi) is 4.11. The maximum absolute atomic E-state index is 12.1. The van der Waals surface area contributed by atoms with E-state index in [9.17, 15) is 14.9 Å². The van der Waals surface area contributed by atoms with Crippen LogP contribution in [0.3, 0.4) is 0 Å². The van der Waals surface area contributed by atoms with Gasteiger partial charge in [0.05, 0.1) is 10.8 Å². The van der Waals surface area contributed by atoms with E-state index in [-0.39, 0.29) is 23.2 Å². The summed E-state index contributed by atoms with van der Waals surface area (Å²) in [6.07, 6.45) is 1.77. The lowest BCUT2D eigenvalue weighted by atomic mass is 9.98. The average molecular weight is 263 g/mol. The molecule has 0 aromatic heterocycles. The van der Waals surface area contributed by atoms with Crippen LogP contribution >= 0.6 is 0 Å². The zero-order valence-corrected chi connectivity index (χ0v) is 10.8. The topological polar surface area (TPSA) is 84.3 Å². The highest BCUT2D eigenvalue weighted by Crippen LogP contribution is 2.26. The van der Waals surface area contributed by atoms with Gasteiger partial charge < -0.3 is 10.6 Å². The summed E-state index contributed by atoms with van der Waals surface area (Å²) in [5, 5.41) is 16.8. The number of nitrogens with one attached hydrogen (secondary N) is 2. The van der Waals surface area contributed by atoms with Gasteiger partial charge in [0.25, 0.3) is 5.69 Å². The Morgan fingerprint density at radius 1 is 1.53 bits per heavy atom. The molecule has 6 nitrogen and oxygen atoms in total. The quantitative estimate of drug-likeness (QED) is 0.643. The number of nitro benzene ring substituents is 1. The van der Waals surface area contributed by atoms with Gasteiger partial charge in [0.1, 0.15) is 5.69 Å². The largest absolute Gasteiger partial charge is 0.320 e. The van der Waals surface area contributed by atoms with Crippen LogP contribution in [-0.4, -0.2) is 23.9 Å². The molecule has 1 unspecified atom stereocenters. The van der Waals surface area contributed by atoms with Crippen molar-refractivity contribution in [2.24, 2.45) is 5.92 Å². The molecule has 1 aromatic rings. The first-order chi connectivity index (χ1) is 9.08. The summed E-state index contributed by atoms with van der Waals surface area (Å²) in [6.45, 7) is 3.34. The maximum Gasteiger partial charge on any atom is 0.293 e. The highest BCUT2D eigenvalue weighted by atomic mass is 16.6. The van der Waals surface area contributed by atoms with Crippen molar-refractivity contribution in [2.45, 2.75) is 19.8 Å². The zero-order valence-electron chi connectivity index (χ0n) is 10.8. The van der Waals surface area contributed by atoms with E-state index < -0.39 is 4.92 Å². The predicted octanol–water partition coefficient (Wildman–Crippen LogP) is 1.84. The molecule has 0 spiro atoms. The van der Waals surface area contributed by atoms with Gasteiger partial charge in [-0.15, -0.1) is 0 Å². The van der Waals surface area contributed by atoms with Gasteiger partial charge in [-0.1, -0.05) is 6.07 Å². The molecule has 1 saturated heterocycles. The van der Waals surface area contributed by atoms with E-state index in [0.29, 0.717) is 6.54 Å². The van der Waals surface area contributed by atoms with Crippen LogP contribution in [0.25, 0.3) is 0 Å². The van der Waals surface area contributed by atoms with Crippen LogP contribution in [0.1, 0.15) is 18.4 Å². The Hall–Kier alpha value is -1.95. The highest BCUT2D eigenvalue weighted by Gasteiger charge is 2.23. The molecule has 2 N–H and O–H groups in total. The van der Waals surface area contributed by atoms with E-state index >= 15 is 0 Å². The fourth-order valence-corrected chi connectivity index (χ4v) is 2.21. The van der Waals surface area contributed by atoms with Gasteiger partial charge in [-0.2, -0.15) is 0 Å². The van der Waals surface area contributed by atoms with Crippen molar-refractivity contribution in [1.82, 2.24) is 5.32 Å². The van der Waals surface area contributed by atoms with Crippen LogP contribution in [-0.2, 0) is 4.79 Å². The molecule has 1 amide bonds. The molecule has 6 heteroatoms. The lowest BCUT2D eigenvalue weighted by Crippen LogP contribution is -2.37. The second-order valence-electron chi connectivity index (χ2n) is 4.81. The molecular weight excluding hydrogens is 246 g/mol. The number of nitrogens with zero attached hydrogens (tertiary/aromatic N) is 1. The molecular formula is C13H17N3O3. The molecule has 0 bridgehead atoms. The minimum Gasteiger partial charge on any atom is -0.320 e. The Balaban J connectivity index is 2.13. The molecule has 0 radical (unpaired) electrons. The van der Waals surface area contributed by atoms with Crippen LogP contribution in [0.4, 0.5) is 11.4 Å². The van der Waals surface area contributed by atoms with Crippen LogP contribution in [0.5, 0.6) is 0 Å². The van der Waals surface area contributed by atoms with Crippen LogP contribution in [0.2, 0.25) is 0 Å². The van der Waals surface area contributed by atoms with E-state index in [4.69, 9.17) is 0 Å². The molecule has 1 aliphatic rings. The second kappa shape index (κ2) is 5.79. The van der Waals surface area contributed by atoms with Crippen LogP contribution < -0.4 is 10.6 Å². The van der Waals surface area contributed by atoms with E-state index in [1.54, 1.807) is 19.1 Å². The number of hydrogen-bond acceptors (Lipinski definition) is 4. The van der Waals surface area contributed by atoms with Gasteiger partial charge in [-0.3, -0.25) is 14.9 Å². The lowest BCUT2D eigenvalue weighted by molar-refractivity contribution is -0.384. The summed E-state index contributed by atoms with van der Waals surface area (Å²) in [5.74, 6) is -0.270. The van der Waals surface area contributed by atoms with E-state index in [2.05, 4.69) is 10.6 Å². The van der Waals surface area contributed by atoms with Crippen molar-refractivity contribution in [3.05, 3.63) is 33.9 Å². The van der Waals surface area contributed by atoms with Crippen LogP contribution in [0, 0.1) is 23.0 Å². The summed E-state index contributed by atoms with van der Waals surface area (Å²) in [5.41, 5.74) is 1.01. The summed E-state index contributed by atoms with van der Waals surface area (Å²) >= 11 is 0. The number of rotatable bonds is 3. The van der Waals surface area contributed by atoms with Gasteiger partial charge in [-0.05, 0) is 37.9 Å². The number of carbonyl (C=O) groups is 1. The zero-order chi connectivity index (χ0) is 13.8. The number of piperidine rings is 1. The molecule has 1 fully saturated rings. The molecule has 2 rings (SSSR count). The Morgan fingerprint density at radius 2 is 2.32 bits per heavy atom. The maximum atomic E-state index is 12.1. The normalized spacial score (nSPS) is 18.9. The van der Waals surface area contributed by atoms with Gasteiger partial charge in [0.2, 0.25) is 5.91 Å². The summed E-state index contributed by atoms with van der Waals surface area (Å²) in [6, 6.07) is 4.80. The fraction of sp³-hybridized carbons (Fsp3) is 0.462. The minimum atomic E-state index is -0.471. The number of aryl methyl sites for hydroxylation is 1. The van der Waals surface area contributed by atoms with Crippen molar-refractivity contribution in [1.29, 1.82) is 0 Å². The average Bonchev–Trinajstić information content (AvgIpc) is 2.41.